The summed E-state index contributed by atoms with van der Waals surface area (Å²) in [4.78, 5) is 21.6. The van der Waals surface area contributed by atoms with Crippen LogP contribution >= 0.6 is 0 Å². The van der Waals surface area contributed by atoms with E-state index >= 15 is 0 Å². The van der Waals surface area contributed by atoms with Gasteiger partial charge in [-0.3, -0.25) is 15.1 Å². The highest BCUT2D eigenvalue weighted by Gasteiger charge is 2.06. The van der Waals surface area contributed by atoms with Gasteiger partial charge >= 0.3 is 5.69 Å². The van der Waals surface area contributed by atoms with Crippen molar-refractivity contribution in [2.75, 3.05) is 5.32 Å². The Kier molecular flexibility index (Phi) is 3.42. The smallest absolute Gasteiger partial charge is 0.305 e. The fourth-order valence-electron chi connectivity index (χ4n) is 1.38. The Morgan fingerprint density at radius 2 is 2.06 bits per heavy atom. The maximum atomic E-state index is 10.4. The summed E-state index contributed by atoms with van der Waals surface area (Å²) in [6, 6.07) is 1.90. The average molecular weight is 245 g/mol. The summed E-state index contributed by atoms with van der Waals surface area (Å²) in [6.45, 7) is 2.51. The summed E-state index contributed by atoms with van der Waals surface area (Å²) in [6.07, 6.45) is 5.83. The summed E-state index contributed by atoms with van der Waals surface area (Å²) < 4.78 is 0. The van der Waals surface area contributed by atoms with Gasteiger partial charge in [-0.05, 0) is 24.1 Å². The minimum absolute atomic E-state index is 0.124. The van der Waals surface area contributed by atoms with Crippen LogP contribution in [0.25, 0.3) is 0 Å². The van der Waals surface area contributed by atoms with Crippen molar-refractivity contribution in [1.82, 2.24) is 15.0 Å². The molecular formula is C11H11N5O2. The molecule has 0 aromatic carbocycles. The van der Waals surface area contributed by atoms with Crippen LogP contribution in [0.15, 0.2) is 30.9 Å². The quantitative estimate of drug-likeness (QED) is 0.650. The van der Waals surface area contributed by atoms with E-state index in [1.54, 1.807) is 12.4 Å². The van der Waals surface area contributed by atoms with E-state index in [0.717, 1.165) is 11.1 Å². The summed E-state index contributed by atoms with van der Waals surface area (Å²) in [5.74, 6) is 0.358. The molecule has 92 valence electrons. The summed E-state index contributed by atoms with van der Waals surface area (Å²) in [7, 11) is 0. The van der Waals surface area contributed by atoms with E-state index in [9.17, 15) is 10.1 Å². The molecule has 0 atom stereocenters. The third-order valence-corrected chi connectivity index (χ3v) is 2.42. The first kappa shape index (κ1) is 11.9. The number of aryl methyl sites for hydroxylation is 1. The van der Waals surface area contributed by atoms with Crippen molar-refractivity contribution in [3.63, 3.8) is 0 Å². The van der Waals surface area contributed by atoms with Crippen LogP contribution in [0.4, 0.5) is 11.6 Å². The molecule has 0 unspecified atom stereocenters. The predicted molar refractivity (Wildman–Crippen MR) is 65.0 cm³/mol. The van der Waals surface area contributed by atoms with E-state index in [4.69, 9.17) is 0 Å². The molecule has 0 amide bonds. The van der Waals surface area contributed by atoms with Crippen molar-refractivity contribution in [3.05, 3.63) is 52.1 Å². The second-order valence-electron chi connectivity index (χ2n) is 3.68. The van der Waals surface area contributed by atoms with Gasteiger partial charge in [0.05, 0.1) is 4.92 Å². The molecule has 2 rings (SSSR count). The van der Waals surface area contributed by atoms with E-state index in [0.29, 0.717) is 12.5 Å². The maximum absolute atomic E-state index is 10.4. The van der Waals surface area contributed by atoms with Crippen LogP contribution < -0.4 is 5.32 Å². The highest BCUT2D eigenvalue weighted by Crippen LogP contribution is 2.10. The molecule has 7 heteroatoms. The minimum Gasteiger partial charge on any atom is -0.350 e. The van der Waals surface area contributed by atoms with Crippen LogP contribution in [0.1, 0.15) is 11.1 Å². The number of anilines is 1. The Bertz CT molecular complexity index is 556. The molecule has 2 aromatic rings. The topological polar surface area (TPSA) is 93.8 Å². The number of rotatable bonds is 4. The second kappa shape index (κ2) is 5.17. The first-order chi connectivity index (χ1) is 8.66. The van der Waals surface area contributed by atoms with Crippen molar-refractivity contribution in [2.24, 2.45) is 0 Å². The first-order valence-electron chi connectivity index (χ1n) is 5.26. The van der Waals surface area contributed by atoms with E-state index in [-0.39, 0.29) is 5.69 Å². The molecule has 18 heavy (non-hydrogen) atoms. The number of hydrogen-bond acceptors (Lipinski definition) is 6. The Hall–Kier alpha value is -2.57. The lowest BCUT2D eigenvalue weighted by Crippen LogP contribution is -2.05. The molecular weight excluding hydrogens is 234 g/mol. The Labute approximate surface area is 103 Å². The van der Waals surface area contributed by atoms with Crippen molar-refractivity contribution in [3.8, 4) is 0 Å². The van der Waals surface area contributed by atoms with Gasteiger partial charge in [0.2, 0.25) is 5.95 Å². The van der Waals surface area contributed by atoms with Crippen LogP contribution in [0.2, 0.25) is 0 Å². The number of nitrogens with zero attached hydrogens (tertiary/aromatic N) is 4. The molecule has 0 radical (unpaired) electrons. The number of aromatic nitrogens is 3. The molecule has 0 spiro atoms. The zero-order valence-electron chi connectivity index (χ0n) is 9.70. The molecule has 2 heterocycles. The number of nitro groups is 1. The number of hydrogen-bond donors (Lipinski definition) is 1. The zero-order chi connectivity index (χ0) is 13.0. The first-order valence-corrected chi connectivity index (χ1v) is 5.26. The summed E-state index contributed by atoms with van der Waals surface area (Å²) in [5.41, 5.74) is 2.01. The van der Waals surface area contributed by atoms with Crippen molar-refractivity contribution < 1.29 is 4.92 Å². The maximum Gasteiger partial charge on any atom is 0.305 e. The largest absolute Gasteiger partial charge is 0.350 e. The lowest BCUT2D eigenvalue weighted by atomic mass is 10.1. The Balaban J connectivity index is 2.02. The highest BCUT2D eigenvalue weighted by molar-refractivity contribution is 5.33. The molecule has 1 N–H and O–H groups in total. The van der Waals surface area contributed by atoms with Gasteiger partial charge in [-0.15, -0.1) is 0 Å². The van der Waals surface area contributed by atoms with Crippen LogP contribution in [-0.2, 0) is 6.54 Å². The van der Waals surface area contributed by atoms with Crippen LogP contribution in [0.3, 0.4) is 0 Å². The van der Waals surface area contributed by atoms with Gasteiger partial charge in [0.15, 0.2) is 0 Å². The summed E-state index contributed by atoms with van der Waals surface area (Å²) >= 11 is 0. The van der Waals surface area contributed by atoms with E-state index in [2.05, 4.69) is 20.3 Å². The van der Waals surface area contributed by atoms with Gasteiger partial charge in [-0.25, -0.2) is 9.97 Å². The molecule has 0 fully saturated rings. The van der Waals surface area contributed by atoms with Gasteiger partial charge in [-0.2, -0.15) is 0 Å². The third kappa shape index (κ3) is 2.76. The molecule has 0 aliphatic carbocycles. The van der Waals surface area contributed by atoms with Gasteiger partial charge < -0.3 is 5.32 Å². The average Bonchev–Trinajstić information content (AvgIpc) is 2.38. The van der Waals surface area contributed by atoms with Crippen LogP contribution in [0.5, 0.6) is 0 Å². The van der Waals surface area contributed by atoms with Gasteiger partial charge in [-0.1, -0.05) is 0 Å². The Morgan fingerprint density at radius 3 is 2.67 bits per heavy atom. The standard InChI is InChI=1S/C11H11N5O2/c1-8-4-12-3-2-9(8)5-13-11-14-6-10(7-15-11)16(17)18/h2-4,6-7H,5H2,1H3,(H,13,14,15). The normalized spacial score (nSPS) is 10.1. The van der Waals surface area contributed by atoms with Crippen molar-refractivity contribution >= 4 is 11.6 Å². The van der Waals surface area contributed by atoms with Gasteiger partial charge in [0.1, 0.15) is 12.4 Å². The van der Waals surface area contributed by atoms with E-state index in [1.165, 1.54) is 12.4 Å². The number of pyridine rings is 1. The molecule has 2 aromatic heterocycles. The van der Waals surface area contributed by atoms with Crippen molar-refractivity contribution in [1.29, 1.82) is 0 Å². The van der Waals surface area contributed by atoms with Gasteiger partial charge in [0, 0.05) is 18.9 Å². The fraction of sp³-hybridized carbons (Fsp3) is 0.182. The molecule has 0 aliphatic rings. The minimum atomic E-state index is -0.531. The second-order valence-corrected chi connectivity index (χ2v) is 3.68. The monoisotopic (exact) mass is 245 g/mol. The predicted octanol–water partition coefficient (Wildman–Crippen LogP) is 1.70. The fourth-order valence-corrected chi connectivity index (χ4v) is 1.38. The van der Waals surface area contributed by atoms with E-state index in [1.807, 2.05) is 13.0 Å². The molecule has 0 saturated carbocycles. The Morgan fingerprint density at radius 1 is 1.33 bits per heavy atom. The molecule has 7 nitrogen and oxygen atoms in total. The molecule has 0 aliphatic heterocycles. The SMILES string of the molecule is Cc1cnccc1CNc1ncc([N+](=O)[O-])cn1. The zero-order valence-corrected chi connectivity index (χ0v) is 9.70. The lowest BCUT2D eigenvalue weighted by Gasteiger charge is -2.06. The lowest BCUT2D eigenvalue weighted by molar-refractivity contribution is -0.385. The summed E-state index contributed by atoms with van der Waals surface area (Å²) in [5, 5.41) is 13.4. The van der Waals surface area contributed by atoms with E-state index < -0.39 is 4.92 Å². The highest BCUT2D eigenvalue weighted by atomic mass is 16.6. The van der Waals surface area contributed by atoms with Crippen molar-refractivity contribution in [2.45, 2.75) is 13.5 Å². The molecule has 0 saturated heterocycles. The van der Waals surface area contributed by atoms with Gasteiger partial charge in [0.25, 0.3) is 0 Å². The molecule has 0 bridgehead atoms. The third-order valence-electron chi connectivity index (χ3n) is 2.42. The van der Waals surface area contributed by atoms with Crippen LogP contribution in [0, 0.1) is 17.0 Å². The number of nitrogens with one attached hydrogen (secondary N) is 1. The van der Waals surface area contributed by atoms with Crippen LogP contribution in [-0.4, -0.2) is 19.9 Å².